The molecule has 28 heavy (non-hydrogen) atoms. The minimum Gasteiger partial charge on any atom is -0.444 e. The highest BCUT2D eigenvalue weighted by molar-refractivity contribution is 5.67. The van der Waals surface area contributed by atoms with Gasteiger partial charge in [0.25, 0.3) is 0 Å². The van der Waals surface area contributed by atoms with Crippen LogP contribution < -0.4 is 11.1 Å². The maximum Gasteiger partial charge on any atom is 0.407 e. The molecule has 0 atom stereocenters. The van der Waals surface area contributed by atoms with Gasteiger partial charge >= 0.3 is 6.09 Å². The molecule has 1 aromatic carbocycles. The lowest BCUT2D eigenvalue weighted by atomic mass is 10.1. The first kappa shape index (κ1) is 25.6. The Morgan fingerprint density at radius 3 is 2.36 bits per heavy atom. The van der Waals surface area contributed by atoms with Crippen molar-refractivity contribution in [1.82, 2.24) is 15.5 Å². The van der Waals surface area contributed by atoms with E-state index in [1.807, 2.05) is 65.0 Å². The smallest absolute Gasteiger partial charge is 0.407 e. The second kappa shape index (κ2) is 14.6. The molecule has 0 bridgehead atoms. The first-order valence-electron chi connectivity index (χ1n) is 9.86. The molecule has 0 aliphatic rings. The summed E-state index contributed by atoms with van der Waals surface area (Å²) in [6.07, 6.45) is 2.44. The zero-order chi connectivity index (χ0) is 21.4. The van der Waals surface area contributed by atoms with Gasteiger partial charge in [0, 0.05) is 13.0 Å². The fourth-order valence-corrected chi connectivity index (χ4v) is 1.90. The summed E-state index contributed by atoms with van der Waals surface area (Å²) in [5.74, 6) is 1.16. The summed E-state index contributed by atoms with van der Waals surface area (Å²) in [6.45, 7) is 12.6. The molecule has 1 aromatic heterocycles. The zero-order valence-electron chi connectivity index (χ0n) is 18.1. The van der Waals surface area contributed by atoms with E-state index in [4.69, 9.17) is 15.0 Å². The van der Waals surface area contributed by atoms with Crippen LogP contribution in [-0.4, -0.2) is 28.4 Å². The molecule has 0 aliphatic carbocycles. The average molecular weight is 393 g/mol. The van der Waals surface area contributed by atoms with Crippen LogP contribution in [0.2, 0.25) is 0 Å². The highest BCUT2D eigenvalue weighted by Crippen LogP contribution is 2.06. The summed E-state index contributed by atoms with van der Waals surface area (Å²) >= 11 is 0. The van der Waals surface area contributed by atoms with E-state index in [1.54, 1.807) is 0 Å². The summed E-state index contributed by atoms with van der Waals surface area (Å²) in [4.78, 5) is 15.1. The molecule has 0 spiro atoms. The Kier molecular flexibility index (Phi) is 13.4. The van der Waals surface area contributed by atoms with Crippen LogP contribution in [0.1, 0.15) is 71.7 Å². The quantitative estimate of drug-likeness (QED) is 0.704. The van der Waals surface area contributed by atoms with E-state index in [9.17, 15) is 4.79 Å². The summed E-state index contributed by atoms with van der Waals surface area (Å²) in [5, 5.41) is 6.50. The fraction of sp³-hybridized carbons (Fsp3) is 0.571. The van der Waals surface area contributed by atoms with Crippen molar-refractivity contribution in [3.05, 3.63) is 47.6 Å². The Morgan fingerprint density at radius 2 is 1.86 bits per heavy atom. The number of carbonyl (C=O) groups excluding carboxylic acids is 1. The largest absolute Gasteiger partial charge is 0.444 e. The van der Waals surface area contributed by atoms with Crippen LogP contribution in [-0.2, 0) is 17.7 Å². The van der Waals surface area contributed by atoms with E-state index in [0.29, 0.717) is 31.2 Å². The molecule has 2 aromatic rings. The molecule has 3 N–H and O–H groups in total. The molecule has 2 rings (SSSR count). The van der Waals surface area contributed by atoms with Crippen molar-refractivity contribution in [2.75, 3.05) is 6.54 Å². The van der Waals surface area contributed by atoms with Gasteiger partial charge in [-0.05, 0) is 32.8 Å². The number of alkyl carbamates (subject to hydrolysis) is 1. The van der Waals surface area contributed by atoms with Gasteiger partial charge in [-0.15, -0.1) is 0 Å². The van der Waals surface area contributed by atoms with Crippen molar-refractivity contribution in [3.8, 4) is 0 Å². The summed E-state index contributed by atoms with van der Waals surface area (Å²) < 4.78 is 9.93. The number of hydrogen-bond acceptors (Lipinski definition) is 6. The fourth-order valence-electron chi connectivity index (χ4n) is 1.90. The van der Waals surface area contributed by atoms with E-state index in [0.717, 1.165) is 18.4 Å². The van der Waals surface area contributed by atoms with Gasteiger partial charge in [-0.2, -0.15) is 4.98 Å². The lowest BCUT2D eigenvalue weighted by molar-refractivity contribution is 0.0527. The molecule has 0 saturated carbocycles. The third-order valence-corrected chi connectivity index (χ3v) is 3.09. The van der Waals surface area contributed by atoms with Gasteiger partial charge in [-0.25, -0.2) is 4.79 Å². The monoisotopic (exact) mass is 392 g/mol. The Bertz CT molecular complexity index is 637. The highest BCUT2D eigenvalue weighted by Gasteiger charge is 2.15. The second-order valence-corrected chi connectivity index (χ2v) is 6.75. The van der Waals surface area contributed by atoms with Crippen molar-refractivity contribution >= 4 is 6.09 Å². The van der Waals surface area contributed by atoms with E-state index >= 15 is 0 Å². The lowest BCUT2D eigenvalue weighted by Crippen LogP contribution is -2.32. The molecule has 0 fully saturated rings. The maximum atomic E-state index is 11.0. The standard InChI is InChI=1S/C10H11N3O.C9H19NO2.C2H6/c11-7-10-12-9(13-14-10)6-8-4-2-1-3-5-8;1-5-6-7-10-8(11)12-9(2,3)4;1-2/h1-5H,6-7,11H2;5-7H2,1-4H3,(H,10,11);1-2H3. The summed E-state index contributed by atoms with van der Waals surface area (Å²) in [7, 11) is 0. The molecule has 158 valence electrons. The first-order chi connectivity index (χ1) is 13.3. The van der Waals surface area contributed by atoms with Gasteiger partial charge in [-0.1, -0.05) is 62.7 Å². The van der Waals surface area contributed by atoms with Gasteiger partial charge < -0.3 is 20.3 Å². The molecule has 0 radical (unpaired) electrons. The van der Waals surface area contributed by atoms with E-state index in [2.05, 4.69) is 22.4 Å². The number of nitrogens with one attached hydrogen (secondary N) is 1. The number of hydrogen-bond donors (Lipinski definition) is 2. The SMILES string of the molecule is CC.CCCCNC(=O)OC(C)(C)C.NCc1nc(Cc2ccccc2)no1. The van der Waals surface area contributed by atoms with E-state index < -0.39 is 5.60 Å². The predicted molar refractivity (Wildman–Crippen MR) is 112 cm³/mol. The average Bonchev–Trinajstić information content (AvgIpc) is 3.11. The number of nitrogens with zero attached hydrogens (tertiary/aromatic N) is 2. The number of rotatable bonds is 6. The van der Waals surface area contributed by atoms with Gasteiger partial charge in [-0.3, -0.25) is 0 Å². The van der Waals surface area contributed by atoms with Crippen LogP contribution in [0.3, 0.4) is 0 Å². The molecule has 0 aliphatic heterocycles. The first-order valence-corrected chi connectivity index (χ1v) is 9.86. The summed E-state index contributed by atoms with van der Waals surface area (Å²) in [5.41, 5.74) is 6.13. The Morgan fingerprint density at radius 1 is 1.21 bits per heavy atom. The third kappa shape index (κ3) is 12.9. The number of carbonyl (C=O) groups is 1. The van der Waals surface area contributed by atoms with Crippen molar-refractivity contribution in [2.45, 2.75) is 73.0 Å². The lowest BCUT2D eigenvalue weighted by Gasteiger charge is -2.19. The Balaban J connectivity index is 0.000000485. The van der Waals surface area contributed by atoms with Gasteiger partial charge in [0.05, 0.1) is 6.54 Å². The van der Waals surface area contributed by atoms with Crippen molar-refractivity contribution in [1.29, 1.82) is 0 Å². The Labute approximate surface area is 169 Å². The molecule has 7 heteroatoms. The minimum atomic E-state index is -0.393. The molecular weight excluding hydrogens is 356 g/mol. The van der Waals surface area contributed by atoms with Crippen LogP contribution in [0.15, 0.2) is 34.9 Å². The van der Waals surface area contributed by atoms with Gasteiger partial charge in [0.15, 0.2) is 5.82 Å². The second-order valence-electron chi connectivity index (χ2n) is 6.75. The van der Waals surface area contributed by atoms with Crippen molar-refractivity contribution in [2.24, 2.45) is 5.73 Å². The number of aromatic nitrogens is 2. The number of nitrogens with two attached hydrogens (primary N) is 1. The molecular formula is C21H36N4O3. The number of ether oxygens (including phenoxy) is 1. The number of unbranched alkanes of at least 4 members (excludes halogenated alkanes) is 1. The molecule has 0 saturated heterocycles. The van der Waals surface area contributed by atoms with E-state index in [1.165, 1.54) is 0 Å². The minimum absolute atomic E-state index is 0.293. The van der Waals surface area contributed by atoms with E-state index in [-0.39, 0.29) is 6.09 Å². The highest BCUT2D eigenvalue weighted by atomic mass is 16.6. The molecule has 1 heterocycles. The van der Waals surface area contributed by atoms with Crippen LogP contribution >= 0.6 is 0 Å². The number of benzene rings is 1. The molecule has 1 amide bonds. The summed E-state index contributed by atoms with van der Waals surface area (Å²) in [6, 6.07) is 10.0. The molecule has 0 unspecified atom stereocenters. The predicted octanol–water partition coefficient (Wildman–Crippen LogP) is 4.46. The van der Waals surface area contributed by atoms with Gasteiger partial charge in [0.1, 0.15) is 5.60 Å². The van der Waals surface area contributed by atoms with Crippen LogP contribution in [0.4, 0.5) is 4.79 Å². The molecule has 7 nitrogen and oxygen atoms in total. The van der Waals surface area contributed by atoms with Gasteiger partial charge in [0.2, 0.25) is 5.89 Å². The normalized spacial score (nSPS) is 10.1. The van der Waals surface area contributed by atoms with Crippen LogP contribution in [0, 0.1) is 0 Å². The van der Waals surface area contributed by atoms with Crippen molar-refractivity contribution in [3.63, 3.8) is 0 Å². The zero-order valence-corrected chi connectivity index (χ0v) is 18.1. The Hall–Kier alpha value is -2.41. The van der Waals surface area contributed by atoms with Crippen molar-refractivity contribution < 1.29 is 14.1 Å². The third-order valence-electron chi connectivity index (χ3n) is 3.09. The van der Waals surface area contributed by atoms with Crippen LogP contribution in [0.5, 0.6) is 0 Å². The number of amides is 1. The van der Waals surface area contributed by atoms with Crippen LogP contribution in [0.25, 0.3) is 0 Å². The topological polar surface area (TPSA) is 103 Å². The maximum absolute atomic E-state index is 11.0.